The summed E-state index contributed by atoms with van der Waals surface area (Å²) in [6, 6.07) is 2.79. The van der Waals surface area contributed by atoms with E-state index >= 15 is 0 Å². The van der Waals surface area contributed by atoms with Crippen LogP contribution in [0.3, 0.4) is 0 Å². The van der Waals surface area contributed by atoms with Crippen molar-refractivity contribution in [3.05, 3.63) is 23.0 Å². The zero-order valence-electron chi connectivity index (χ0n) is 14.2. The van der Waals surface area contributed by atoms with Crippen molar-refractivity contribution in [1.82, 2.24) is 9.88 Å². The Balaban J connectivity index is 2.03. The number of nitrogens with zero attached hydrogens (tertiary/aromatic N) is 1. The lowest BCUT2D eigenvalue weighted by molar-refractivity contribution is 0.0921. The van der Waals surface area contributed by atoms with E-state index in [4.69, 9.17) is 0 Å². The molecule has 1 saturated carbocycles. The molecule has 0 saturated heterocycles. The smallest absolute Gasteiger partial charge is 0.253 e. The topological polar surface area (TPSA) is 34.0 Å². The lowest BCUT2D eigenvalue weighted by Gasteiger charge is -2.28. The van der Waals surface area contributed by atoms with Gasteiger partial charge in [-0.05, 0) is 65.4 Å². The minimum Gasteiger partial charge on any atom is -0.349 e. The van der Waals surface area contributed by atoms with Gasteiger partial charge in [0, 0.05) is 23.5 Å². The summed E-state index contributed by atoms with van der Waals surface area (Å²) in [5.41, 5.74) is 3.10. The molecule has 1 fully saturated rings. The average Bonchev–Trinajstić information content (AvgIpc) is 2.75. The largest absolute Gasteiger partial charge is 0.349 e. The molecular formula is C18H30N2O. The number of nitrogens with one attached hydrogen (secondary N) is 1. The molecule has 1 aromatic rings. The van der Waals surface area contributed by atoms with Crippen LogP contribution in [-0.2, 0) is 0 Å². The summed E-state index contributed by atoms with van der Waals surface area (Å²) in [6.45, 7) is 10.7. The van der Waals surface area contributed by atoms with Crippen LogP contribution in [0.15, 0.2) is 6.07 Å². The first-order valence-electron chi connectivity index (χ1n) is 8.43. The molecule has 0 unspecified atom stereocenters. The standard InChI is InChI=1S/C18H30N2O/c1-6-15-7-9-16(10-8-15)19-18(21)17-11-13(4)20(12(2)3)14(17)5/h11-12,15-16H,6-10H2,1-5H3,(H,19,21). The van der Waals surface area contributed by atoms with Crippen LogP contribution in [-0.4, -0.2) is 16.5 Å². The van der Waals surface area contributed by atoms with Crippen LogP contribution in [0, 0.1) is 19.8 Å². The molecule has 3 nitrogen and oxygen atoms in total. The predicted molar refractivity (Wildman–Crippen MR) is 87.8 cm³/mol. The Labute approximate surface area is 129 Å². The summed E-state index contributed by atoms with van der Waals surface area (Å²) in [5.74, 6) is 0.971. The van der Waals surface area contributed by atoms with E-state index in [0.717, 1.165) is 30.0 Å². The third-order valence-electron chi connectivity index (χ3n) is 5.00. The van der Waals surface area contributed by atoms with Gasteiger partial charge in [-0.25, -0.2) is 0 Å². The molecule has 21 heavy (non-hydrogen) atoms. The molecule has 0 bridgehead atoms. The molecule has 0 atom stereocenters. The maximum atomic E-state index is 12.5. The normalized spacial score (nSPS) is 22.6. The molecule has 1 heterocycles. The van der Waals surface area contributed by atoms with Gasteiger partial charge >= 0.3 is 0 Å². The molecule has 1 amide bonds. The molecule has 1 aliphatic rings. The molecule has 0 spiro atoms. The highest BCUT2D eigenvalue weighted by atomic mass is 16.1. The summed E-state index contributed by atoms with van der Waals surface area (Å²) in [4.78, 5) is 12.5. The van der Waals surface area contributed by atoms with Gasteiger partial charge in [0.2, 0.25) is 0 Å². The molecule has 1 aliphatic carbocycles. The molecule has 2 rings (SSSR count). The SMILES string of the molecule is CCC1CCC(NC(=O)c2cc(C)n(C(C)C)c2C)CC1. The Morgan fingerprint density at radius 2 is 1.90 bits per heavy atom. The number of carbonyl (C=O) groups is 1. The van der Waals surface area contributed by atoms with Crippen molar-refractivity contribution in [3.63, 3.8) is 0 Å². The van der Waals surface area contributed by atoms with Crippen molar-refractivity contribution in [2.24, 2.45) is 5.92 Å². The third kappa shape index (κ3) is 3.50. The Hall–Kier alpha value is -1.25. The van der Waals surface area contributed by atoms with E-state index in [1.54, 1.807) is 0 Å². The van der Waals surface area contributed by atoms with E-state index < -0.39 is 0 Å². The van der Waals surface area contributed by atoms with E-state index in [9.17, 15) is 4.79 Å². The fourth-order valence-electron chi connectivity index (χ4n) is 3.78. The van der Waals surface area contributed by atoms with Crippen molar-refractivity contribution >= 4 is 5.91 Å². The molecule has 3 heteroatoms. The van der Waals surface area contributed by atoms with E-state index in [0.29, 0.717) is 12.1 Å². The summed E-state index contributed by atoms with van der Waals surface area (Å²) >= 11 is 0. The van der Waals surface area contributed by atoms with Gasteiger partial charge in [-0.1, -0.05) is 13.3 Å². The Morgan fingerprint density at radius 3 is 2.38 bits per heavy atom. The number of carbonyl (C=O) groups excluding carboxylic acids is 1. The maximum absolute atomic E-state index is 12.5. The first-order valence-corrected chi connectivity index (χ1v) is 8.43. The highest BCUT2D eigenvalue weighted by molar-refractivity contribution is 5.95. The number of aryl methyl sites for hydroxylation is 1. The highest BCUT2D eigenvalue weighted by Crippen LogP contribution is 2.27. The molecule has 118 valence electrons. The van der Waals surface area contributed by atoms with E-state index in [2.05, 4.69) is 44.5 Å². The number of hydrogen-bond acceptors (Lipinski definition) is 1. The summed E-state index contributed by atoms with van der Waals surface area (Å²) in [6.07, 6.45) is 6.05. The second kappa shape index (κ2) is 6.67. The van der Waals surface area contributed by atoms with Crippen LogP contribution < -0.4 is 5.32 Å². The van der Waals surface area contributed by atoms with Gasteiger partial charge in [0.05, 0.1) is 5.56 Å². The van der Waals surface area contributed by atoms with Crippen LogP contribution >= 0.6 is 0 Å². The van der Waals surface area contributed by atoms with Crippen molar-refractivity contribution in [2.45, 2.75) is 78.8 Å². The minimum absolute atomic E-state index is 0.106. The zero-order valence-corrected chi connectivity index (χ0v) is 14.2. The fraction of sp³-hybridized carbons (Fsp3) is 0.722. The number of aromatic nitrogens is 1. The van der Waals surface area contributed by atoms with Crippen LogP contribution in [0.2, 0.25) is 0 Å². The van der Waals surface area contributed by atoms with E-state index in [1.165, 1.54) is 25.0 Å². The minimum atomic E-state index is 0.106. The van der Waals surface area contributed by atoms with E-state index in [1.807, 2.05) is 6.07 Å². The predicted octanol–water partition coefficient (Wildman–Crippen LogP) is 4.38. The number of rotatable bonds is 4. The van der Waals surface area contributed by atoms with Gasteiger partial charge in [-0.2, -0.15) is 0 Å². The molecule has 0 aromatic carbocycles. The molecular weight excluding hydrogens is 260 g/mol. The van der Waals surface area contributed by atoms with Gasteiger partial charge in [0.1, 0.15) is 0 Å². The second-order valence-electron chi connectivity index (χ2n) is 6.85. The van der Waals surface area contributed by atoms with E-state index in [-0.39, 0.29) is 5.91 Å². The van der Waals surface area contributed by atoms with Crippen molar-refractivity contribution in [1.29, 1.82) is 0 Å². The molecule has 1 aromatic heterocycles. The fourth-order valence-corrected chi connectivity index (χ4v) is 3.78. The Bertz CT molecular complexity index is 494. The maximum Gasteiger partial charge on any atom is 0.253 e. The van der Waals surface area contributed by atoms with Crippen molar-refractivity contribution < 1.29 is 4.79 Å². The molecule has 1 N–H and O–H groups in total. The lowest BCUT2D eigenvalue weighted by Crippen LogP contribution is -2.37. The zero-order chi connectivity index (χ0) is 15.6. The first kappa shape index (κ1) is 16.1. The van der Waals surface area contributed by atoms with Crippen LogP contribution in [0.5, 0.6) is 0 Å². The molecule has 0 radical (unpaired) electrons. The van der Waals surface area contributed by atoms with Gasteiger partial charge in [0.25, 0.3) is 5.91 Å². The first-order chi connectivity index (χ1) is 9.93. The molecule has 0 aliphatic heterocycles. The van der Waals surface area contributed by atoms with Crippen molar-refractivity contribution in [3.8, 4) is 0 Å². The number of amides is 1. The quantitative estimate of drug-likeness (QED) is 0.877. The van der Waals surface area contributed by atoms with Crippen LogP contribution in [0.25, 0.3) is 0 Å². The van der Waals surface area contributed by atoms with Gasteiger partial charge < -0.3 is 9.88 Å². The lowest BCUT2D eigenvalue weighted by atomic mass is 9.84. The second-order valence-corrected chi connectivity index (χ2v) is 6.85. The summed E-state index contributed by atoms with van der Waals surface area (Å²) < 4.78 is 2.24. The Kier molecular flexibility index (Phi) is 5.13. The van der Waals surface area contributed by atoms with Gasteiger partial charge in [0.15, 0.2) is 0 Å². The van der Waals surface area contributed by atoms with Crippen LogP contribution in [0.4, 0.5) is 0 Å². The van der Waals surface area contributed by atoms with Crippen LogP contribution in [0.1, 0.15) is 80.7 Å². The third-order valence-corrected chi connectivity index (χ3v) is 5.00. The summed E-state index contributed by atoms with van der Waals surface area (Å²) in [5, 5.41) is 3.25. The highest BCUT2D eigenvalue weighted by Gasteiger charge is 2.23. The van der Waals surface area contributed by atoms with Gasteiger partial charge in [-0.15, -0.1) is 0 Å². The van der Waals surface area contributed by atoms with Crippen molar-refractivity contribution in [2.75, 3.05) is 0 Å². The summed E-state index contributed by atoms with van der Waals surface area (Å²) in [7, 11) is 0. The van der Waals surface area contributed by atoms with Gasteiger partial charge in [-0.3, -0.25) is 4.79 Å². The Morgan fingerprint density at radius 1 is 1.29 bits per heavy atom. The average molecular weight is 290 g/mol. The number of hydrogen-bond donors (Lipinski definition) is 1. The monoisotopic (exact) mass is 290 g/mol.